The van der Waals surface area contributed by atoms with E-state index in [9.17, 15) is 18.0 Å². The van der Waals surface area contributed by atoms with E-state index >= 15 is 0 Å². The first-order valence-electron chi connectivity index (χ1n) is 5.92. The molecule has 0 aliphatic carbocycles. The predicted octanol–water partition coefficient (Wildman–Crippen LogP) is 5.66. The standard InChI is InChI=1S/C15H9Br2F3O/c16-10-3-1-2-9(6-10)7-14(21)12-5-4-11(17)8-13(12)15(18,19)20/h1-6,8H,7H2. The lowest BCUT2D eigenvalue weighted by Gasteiger charge is -2.12. The van der Waals surface area contributed by atoms with Crippen LogP contribution in [-0.4, -0.2) is 5.78 Å². The molecular weight excluding hydrogens is 413 g/mol. The molecule has 6 heteroatoms. The third-order valence-electron chi connectivity index (χ3n) is 2.84. The van der Waals surface area contributed by atoms with Crippen LogP contribution in [0.4, 0.5) is 13.2 Å². The van der Waals surface area contributed by atoms with Crippen molar-refractivity contribution in [1.29, 1.82) is 0 Å². The molecule has 0 atom stereocenters. The van der Waals surface area contributed by atoms with Gasteiger partial charge in [0.15, 0.2) is 5.78 Å². The van der Waals surface area contributed by atoms with Crippen molar-refractivity contribution < 1.29 is 18.0 Å². The summed E-state index contributed by atoms with van der Waals surface area (Å²) in [5.74, 6) is -0.562. The monoisotopic (exact) mass is 420 g/mol. The molecular formula is C15H9Br2F3O. The van der Waals surface area contributed by atoms with E-state index in [1.165, 1.54) is 12.1 Å². The molecule has 0 aromatic heterocycles. The molecule has 0 radical (unpaired) electrons. The van der Waals surface area contributed by atoms with Gasteiger partial charge in [-0.2, -0.15) is 13.2 Å². The van der Waals surface area contributed by atoms with Gasteiger partial charge in [-0.05, 0) is 35.9 Å². The fraction of sp³-hybridized carbons (Fsp3) is 0.133. The molecule has 0 fully saturated rings. The van der Waals surface area contributed by atoms with Gasteiger partial charge >= 0.3 is 6.18 Å². The summed E-state index contributed by atoms with van der Waals surface area (Å²) in [6.07, 6.45) is -4.64. The summed E-state index contributed by atoms with van der Waals surface area (Å²) in [5.41, 5.74) is -0.576. The quantitative estimate of drug-likeness (QED) is 0.584. The van der Waals surface area contributed by atoms with E-state index in [2.05, 4.69) is 31.9 Å². The second-order valence-corrected chi connectivity index (χ2v) is 6.25. The van der Waals surface area contributed by atoms with Crippen LogP contribution in [0.5, 0.6) is 0 Å². The van der Waals surface area contributed by atoms with E-state index in [0.29, 0.717) is 5.56 Å². The van der Waals surface area contributed by atoms with Crippen LogP contribution >= 0.6 is 31.9 Å². The van der Waals surface area contributed by atoms with Crippen molar-refractivity contribution in [2.45, 2.75) is 12.6 Å². The van der Waals surface area contributed by atoms with Crippen LogP contribution in [0.1, 0.15) is 21.5 Å². The average molecular weight is 422 g/mol. The van der Waals surface area contributed by atoms with Crippen molar-refractivity contribution in [3.63, 3.8) is 0 Å². The zero-order chi connectivity index (χ0) is 15.6. The van der Waals surface area contributed by atoms with Crippen LogP contribution < -0.4 is 0 Å². The summed E-state index contributed by atoms with van der Waals surface area (Å²) >= 11 is 6.26. The molecule has 0 spiro atoms. The second kappa shape index (κ2) is 6.32. The van der Waals surface area contributed by atoms with Crippen molar-refractivity contribution in [2.24, 2.45) is 0 Å². The fourth-order valence-corrected chi connectivity index (χ4v) is 2.73. The minimum atomic E-state index is -4.56. The van der Waals surface area contributed by atoms with Crippen molar-refractivity contribution in [2.75, 3.05) is 0 Å². The lowest BCUT2D eigenvalue weighted by atomic mass is 9.98. The van der Waals surface area contributed by atoms with Gasteiger partial charge in [-0.25, -0.2) is 0 Å². The van der Waals surface area contributed by atoms with Gasteiger partial charge in [-0.1, -0.05) is 44.0 Å². The minimum absolute atomic E-state index is 0.0792. The number of ketones is 1. The molecule has 2 aromatic carbocycles. The van der Waals surface area contributed by atoms with Crippen LogP contribution in [0.25, 0.3) is 0 Å². The van der Waals surface area contributed by atoms with Crippen molar-refractivity contribution in [1.82, 2.24) is 0 Å². The van der Waals surface area contributed by atoms with Crippen molar-refractivity contribution >= 4 is 37.6 Å². The minimum Gasteiger partial charge on any atom is -0.294 e. The molecule has 0 saturated carbocycles. The fourth-order valence-electron chi connectivity index (χ4n) is 1.92. The maximum atomic E-state index is 13.0. The Morgan fingerprint density at radius 1 is 1.00 bits per heavy atom. The van der Waals surface area contributed by atoms with Gasteiger partial charge in [0.1, 0.15) is 0 Å². The summed E-state index contributed by atoms with van der Waals surface area (Å²) in [4.78, 5) is 12.2. The third-order valence-corrected chi connectivity index (χ3v) is 3.83. The smallest absolute Gasteiger partial charge is 0.294 e. The molecule has 0 unspecified atom stereocenters. The third kappa shape index (κ3) is 4.17. The van der Waals surface area contributed by atoms with Crippen LogP contribution in [0.15, 0.2) is 51.4 Å². The maximum Gasteiger partial charge on any atom is 0.417 e. The van der Waals surface area contributed by atoms with Crippen molar-refractivity contribution in [3.8, 4) is 0 Å². The average Bonchev–Trinajstić information content (AvgIpc) is 2.37. The molecule has 0 N–H and O–H groups in total. The molecule has 0 aliphatic heterocycles. The van der Waals surface area contributed by atoms with Crippen LogP contribution in [-0.2, 0) is 12.6 Å². The van der Waals surface area contributed by atoms with Crippen molar-refractivity contribution in [3.05, 3.63) is 68.1 Å². The van der Waals surface area contributed by atoms with Gasteiger partial charge < -0.3 is 0 Å². The summed E-state index contributed by atoms with van der Waals surface area (Å²) < 4.78 is 40.1. The van der Waals surface area contributed by atoms with E-state index in [4.69, 9.17) is 0 Å². The van der Waals surface area contributed by atoms with Gasteiger partial charge in [0.2, 0.25) is 0 Å². The number of carbonyl (C=O) groups excluding carboxylic acids is 1. The Morgan fingerprint density at radius 3 is 2.29 bits per heavy atom. The molecule has 0 amide bonds. The lowest BCUT2D eigenvalue weighted by Crippen LogP contribution is -2.14. The SMILES string of the molecule is O=C(Cc1cccc(Br)c1)c1ccc(Br)cc1C(F)(F)F. The molecule has 0 aliphatic rings. The first-order valence-corrected chi connectivity index (χ1v) is 7.50. The predicted molar refractivity (Wildman–Crippen MR) is 81.3 cm³/mol. The highest BCUT2D eigenvalue weighted by Gasteiger charge is 2.35. The Balaban J connectivity index is 2.35. The highest BCUT2D eigenvalue weighted by Crippen LogP contribution is 2.34. The van der Waals surface area contributed by atoms with Crippen LogP contribution in [0.2, 0.25) is 0 Å². The Morgan fingerprint density at radius 2 is 1.67 bits per heavy atom. The van der Waals surface area contributed by atoms with Crippen LogP contribution in [0, 0.1) is 0 Å². The largest absolute Gasteiger partial charge is 0.417 e. The molecule has 1 nitrogen and oxygen atoms in total. The molecule has 2 rings (SSSR count). The molecule has 0 bridgehead atoms. The van der Waals surface area contributed by atoms with Gasteiger partial charge in [0, 0.05) is 20.9 Å². The maximum absolute atomic E-state index is 13.0. The van der Waals surface area contributed by atoms with Gasteiger partial charge in [0.25, 0.3) is 0 Å². The summed E-state index contributed by atoms with van der Waals surface area (Å²) in [5, 5.41) is 0. The molecule has 0 heterocycles. The Kier molecular flexibility index (Phi) is 4.88. The molecule has 110 valence electrons. The van der Waals surface area contributed by atoms with Crippen LogP contribution in [0.3, 0.4) is 0 Å². The topological polar surface area (TPSA) is 17.1 Å². The zero-order valence-corrected chi connectivity index (χ0v) is 13.7. The Labute approximate surface area is 136 Å². The number of hydrogen-bond donors (Lipinski definition) is 0. The number of Topliss-reactive ketones (excluding diaryl/α,β-unsaturated/α-hetero) is 1. The molecule has 21 heavy (non-hydrogen) atoms. The molecule has 0 saturated heterocycles. The summed E-state index contributed by atoms with van der Waals surface area (Å²) in [6, 6.07) is 10.5. The number of halogens is 5. The second-order valence-electron chi connectivity index (χ2n) is 4.42. The van der Waals surface area contributed by atoms with Gasteiger partial charge in [-0.15, -0.1) is 0 Å². The first-order chi connectivity index (χ1) is 9.77. The van der Waals surface area contributed by atoms with E-state index in [1.54, 1.807) is 24.3 Å². The first kappa shape index (κ1) is 16.2. The van der Waals surface area contributed by atoms with E-state index < -0.39 is 17.5 Å². The van der Waals surface area contributed by atoms with Gasteiger partial charge in [0.05, 0.1) is 5.56 Å². The number of alkyl halides is 3. The highest BCUT2D eigenvalue weighted by atomic mass is 79.9. The number of rotatable bonds is 3. The summed E-state index contributed by atoms with van der Waals surface area (Å²) in [7, 11) is 0. The normalized spacial score (nSPS) is 11.5. The van der Waals surface area contributed by atoms with E-state index in [0.717, 1.165) is 10.5 Å². The lowest BCUT2D eigenvalue weighted by molar-refractivity contribution is -0.138. The Hall–Kier alpha value is -1.14. The number of carbonyl (C=O) groups is 1. The van der Waals surface area contributed by atoms with E-state index in [1.807, 2.05) is 0 Å². The van der Waals surface area contributed by atoms with Gasteiger partial charge in [-0.3, -0.25) is 4.79 Å². The number of hydrogen-bond acceptors (Lipinski definition) is 1. The number of benzene rings is 2. The highest BCUT2D eigenvalue weighted by molar-refractivity contribution is 9.10. The summed E-state index contributed by atoms with van der Waals surface area (Å²) in [6.45, 7) is 0. The zero-order valence-electron chi connectivity index (χ0n) is 10.5. The van der Waals surface area contributed by atoms with E-state index in [-0.39, 0.29) is 16.5 Å². The Bertz CT molecular complexity index is 681. The molecule has 2 aromatic rings.